The van der Waals surface area contributed by atoms with E-state index in [1.54, 1.807) is 0 Å². The predicted octanol–water partition coefficient (Wildman–Crippen LogP) is 1.12. The summed E-state index contributed by atoms with van der Waals surface area (Å²) in [6, 6.07) is 9.31. The molecule has 6 nitrogen and oxygen atoms in total. The number of ether oxygens (including phenoxy) is 2. The van der Waals surface area contributed by atoms with Crippen molar-refractivity contribution in [3.63, 3.8) is 0 Å². The lowest BCUT2D eigenvalue weighted by Gasteiger charge is -2.25. The van der Waals surface area contributed by atoms with Crippen LogP contribution in [0.15, 0.2) is 30.3 Å². The number of rotatable bonds is 5. The molecule has 1 fully saturated rings. The van der Waals surface area contributed by atoms with Gasteiger partial charge in [-0.2, -0.15) is 0 Å². The van der Waals surface area contributed by atoms with Crippen molar-refractivity contribution in [2.75, 3.05) is 25.2 Å². The standard InChI is InChI=1S/C14H19NO5S/c1-19-14(7-8-21(17,18)11-14)10-15-13(16)20-9-12-5-3-2-4-6-12/h2-6H,7-11H2,1H3,(H,15,16). The lowest BCUT2D eigenvalue weighted by Crippen LogP contribution is -2.45. The molecule has 7 heteroatoms. The topological polar surface area (TPSA) is 81.7 Å². The van der Waals surface area contributed by atoms with Crippen LogP contribution in [0.3, 0.4) is 0 Å². The van der Waals surface area contributed by atoms with Gasteiger partial charge in [0.05, 0.1) is 18.1 Å². The van der Waals surface area contributed by atoms with Crippen LogP contribution in [-0.2, 0) is 25.9 Å². The molecular weight excluding hydrogens is 294 g/mol. The van der Waals surface area contributed by atoms with Gasteiger partial charge in [0.2, 0.25) is 0 Å². The minimum Gasteiger partial charge on any atom is -0.445 e. The minimum atomic E-state index is -3.09. The number of hydrogen-bond donors (Lipinski definition) is 1. The molecule has 1 aliphatic heterocycles. The van der Waals surface area contributed by atoms with Crippen LogP contribution in [0.1, 0.15) is 12.0 Å². The van der Waals surface area contributed by atoms with E-state index in [0.717, 1.165) is 5.56 Å². The Morgan fingerprint density at radius 2 is 2.05 bits per heavy atom. The van der Waals surface area contributed by atoms with Crippen LogP contribution in [0, 0.1) is 0 Å². The second kappa shape index (κ2) is 6.44. The van der Waals surface area contributed by atoms with Gasteiger partial charge in [-0.25, -0.2) is 13.2 Å². The lowest BCUT2D eigenvalue weighted by atomic mass is 10.0. The van der Waals surface area contributed by atoms with Crippen molar-refractivity contribution in [1.82, 2.24) is 5.32 Å². The third-order valence-corrected chi connectivity index (χ3v) is 5.34. The Labute approximate surface area is 124 Å². The van der Waals surface area contributed by atoms with Gasteiger partial charge in [-0.3, -0.25) is 0 Å². The van der Waals surface area contributed by atoms with Crippen LogP contribution in [0.25, 0.3) is 0 Å². The largest absolute Gasteiger partial charge is 0.445 e. The highest BCUT2D eigenvalue weighted by Crippen LogP contribution is 2.26. The molecule has 21 heavy (non-hydrogen) atoms. The molecule has 1 aromatic carbocycles. The maximum Gasteiger partial charge on any atom is 0.407 e. The first-order valence-corrected chi connectivity index (χ1v) is 8.47. The average molecular weight is 313 g/mol. The van der Waals surface area contributed by atoms with Gasteiger partial charge in [0, 0.05) is 7.11 Å². The molecular formula is C14H19NO5S. The van der Waals surface area contributed by atoms with Gasteiger partial charge >= 0.3 is 6.09 Å². The molecule has 1 heterocycles. The van der Waals surface area contributed by atoms with Crippen LogP contribution in [0.5, 0.6) is 0 Å². The Kier molecular flexibility index (Phi) is 4.84. The molecule has 2 rings (SSSR count). The second-order valence-corrected chi connectivity index (χ2v) is 7.33. The van der Waals surface area contributed by atoms with Crippen LogP contribution in [0.4, 0.5) is 4.79 Å². The summed E-state index contributed by atoms with van der Waals surface area (Å²) in [5.74, 6) is 0.0110. The fourth-order valence-corrected chi connectivity index (χ4v) is 4.26. The molecule has 0 saturated carbocycles. The summed E-state index contributed by atoms with van der Waals surface area (Å²) < 4.78 is 33.4. The third-order valence-electron chi connectivity index (χ3n) is 3.55. The number of amides is 1. The highest BCUT2D eigenvalue weighted by Gasteiger charge is 2.42. The summed E-state index contributed by atoms with van der Waals surface area (Å²) in [6.07, 6.45) is -0.204. The fourth-order valence-electron chi connectivity index (χ4n) is 2.27. The van der Waals surface area contributed by atoms with E-state index in [1.165, 1.54) is 7.11 Å². The van der Waals surface area contributed by atoms with E-state index in [1.807, 2.05) is 30.3 Å². The van der Waals surface area contributed by atoms with Crippen molar-refractivity contribution < 1.29 is 22.7 Å². The summed E-state index contributed by atoms with van der Waals surface area (Å²) in [4.78, 5) is 11.7. The zero-order valence-corrected chi connectivity index (χ0v) is 12.7. The molecule has 1 aliphatic rings. The van der Waals surface area contributed by atoms with Gasteiger partial charge < -0.3 is 14.8 Å². The maximum absolute atomic E-state index is 11.7. The molecule has 1 atom stereocenters. The van der Waals surface area contributed by atoms with Crippen molar-refractivity contribution in [1.29, 1.82) is 0 Å². The molecule has 1 aromatic rings. The maximum atomic E-state index is 11.7. The highest BCUT2D eigenvalue weighted by atomic mass is 32.2. The summed E-state index contributed by atoms with van der Waals surface area (Å²) in [6.45, 7) is 0.293. The van der Waals surface area contributed by atoms with Gasteiger partial charge in [-0.05, 0) is 12.0 Å². The first kappa shape index (κ1) is 15.8. The lowest BCUT2D eigenvalue weighted by molar-refractivity contribution is 0.0123. The Balaban J connectivity index is 1.81. The van der Waals surface area contributed by atoms with Gasteiger partial charge in [0.1, 0.15) is 12.2 Å². The molecule has 1 unspecified atom stereocenters. The third kappa shape index (κ3) is 4.44. The molecule has 116 valence electrons. The predicted molar refractivity (Wildman–Crippen MR) is 77.6 cm³/mol. The summed E-state index contributed by atoms with van der Waals surface area (Å²) in [5.41, 5.74) is 0.0440. The van der Waals surface area contributed by atoms with Gasteiger partial charge in [-0.15, -0.1) is 0 Å². The molecule has 0 spiro atoms. The summed E-state index contributed by atoms with van der Waals surface area (Å²) in [5, 5.41) is 2.57. The number of carbonyl (C=O) groups is 1. The number of carbonyl (C=O) groups excluding carboxylic acids is 1. The Hall–Kier alpha value is -1.60. The van der Waals surface area contributed by atoms with Crippen molar-refractivity contribution >= 4 is 15.9 Å². The van der Waals surface area contributed by atoms with Crippen molar-refractivity contribution in [3.05, 3.63) is 35.9 Å². The Morgan fingerprint density at radius 1 is 1.33 bits per heavy atom. The molecule has 1 amide bonds. The van der Waals surface area contributed by atoms with Crippen LogP contribution < -0.4 is 5.32 Å². The Bertz CT molecular complexity index is 587. The first-order chi connectivity index (χ1) is 9.95. The van der Waals surface area contributed by atoms with Crippen LogP contribution in [0.2, 0.25) is 0 Å². The highest BCUT2D eigenvalue weighted by molar-refractivity contribution is 7.91. The smallest absolute Gasteiger partial charge is 0.407 e. The minimum absolute atomic E-state index is 0.0739. The van der Waals surface area contributed by atoms with Crippen molar-refractivity contribution in [2.24, 2.45) is 0 Å². The van der Waals surface area contributed by atoms with Crippen LogP contribution >= 0.6 is 0 Å². The van der Waals surface area contributed by atoms with Gasteiger partial charge in [-0.1, -0.05) is 30.3 Å². The van der Waals surface area contributed by atoms with Gasteiger partial charge in [0.15, 0.2) is 9.84 Å². The normalized spacial score (nSPS) is 23.7. The quantitative estimate of drug-likeness (QED) is 0.881. The SMILES string of the molecule is COC1(CNC(=O)OCc2ccccc2)CCS(=O)(=O)C1. The second-order valence-electron chi connectivity index (χ2n) is 5.14. The van der Waals surface area contributed by atoms with Crippen molar-refractivity contribution in [3.8, 4) is 0 Å². The number of alkyl carbamates (subject to hydrolysis) is 1. The molecule has 0 radical (unpaired) electrons. The van der Waals surface area contributed by atoms with E-state index in [0.29, 0.717) is 6.42 Å². The van der Waals surface area contributed by atoms with E-state index in [-0.39, 0.29) is 24.7 Å². The molecule has 0 aromatic heterocycles. The number of hydrogen-bond acceptors (Lipinski definition) is 5. The number of methoxy groups -OCH3 is 1. The van der Waals surface area contributed by atoms with Gasteiger partial charge in [0.25, 0.3) is 0 Å². The van der Waals surface area contributed by atoms with E-state index in [2.05, 4.69) is 5.32 Å². The number of sulfone groups is 1. The molecule has 1 saturated heterocycles. The monoisotopic (exact) mass is 313 g/mol. The zero-order valence-electron chi connectivity index (χ0n) is 11.9. The van der Waals surface area contributed by atoms with E-state index in [9.17, 15) is 13.2 Å². The molecule has 1 N–H and O–H groups in total. The first-order valence-electron chi connectivity index (χ1n) is 6.65. The fraction of sp³-hybridized carbons (Fsp3) is 0.500. The number of benzene rings is 1. The van der Waals surface area contributed by atoms with Crippen LogP contribution in [-0.4, -0.2) is 45.3 Å². The van der Waals surface area contributed by atoms with E-state index < -0.39 is 21.5 Å². The van der Waals surface area contributed by atoms with E-state index in [4.69, 9.17) is 9.47 Å². The zero-order chi connectivity index (χ0) is 15.3. The summed E-state index contributed by atoms with van der Waals surface area (Å²) in [7, 11) is -1.63. The summed E-state index contributed by atoms with van der Waals surface area (Å²) >= 11 is 0. The Morgan fingerprint density at radius 3 is 2.62 bits per heavy atom. The average Bonchev–Trinajstić information content (AvgIpc) is 2.80. The number of nitrogens with one attached hydrogen (secondary N) is 1. The van der Waals surface area contributed by atoms with E-state index >= 15 is 0 Å². The van der Waals surface area contributed by atoms with Crippen molar-refractivity contribution in [2.45, 2.75) is 18.6 Å². The molecule has 0 bridgehead atoms. The molecule has 0 aliphatic carbocycles.